The third-order valence-corrected chi connectivity index (χ3v) is 1.73. The number of nitrogens with one attached hydrogen (secondary N) is 1. The molecule has 4 nitrogen and oxygen atoms in total. The van der Waals surface area contributed by atoms with Crippen LogP contribution < -0.4 is 11.1 Å². The van der Waals surface area contributed by atoms with Crippen LogP contribution in [-0.2, 0) is 4.79 Å². The van der Waals surface area contributed by atoms with E-state index in [-0.39, 0.29) is 5.91 Å². The van der Waals surface area contributed by atoms with Crippen molar-refractivity contribution in [1.82, 2.24) is 10.2 Å². The van der Waals surface area contributed by atoms with Crippen LogP contribution in [0, 0.1) is 0 Å². The molecule has 0 aliphatic carbocycles. The molecule has 0 saturated heterocycles. The number of nitrogens with zero attached hydrogens (tertiary/aromatic N) is 1. The molecule has 1 amide bonds. The van der Waals surface area contributed by atoms with Crippen molar-refractivity contribution in [3.63, 3.8) is 0 Å². The van der Waals surface area contributed by atoms with Crippen molar-refractivity contribution >= 4 is 5.91 Å². The molecule has 0 bridgehead atoms. The molecule has 3 N–H and O–H groups in total. The summed E-state index contributed by atoms with van der Waals surface area (Å²) in [5, 5.41) is 2.82. The van der Waals surface area contributed by atoms with Gasteiger partial charge in [-0.25, -0.2) is 0 Å². The molecule has 0 unspecified atom stereocenters. The van der Waals surface area contributed by atoms with Gasteiger partial charge in [0.2, 0.25) is 5.91 Å². The lowest BCUT2D eigenvalue weighted by Crippen LogP contribution is -2.27. The highest BCUT2D eigenvalue weighted by Crippen LogP contribution is 1.88. The molecule has 0 aromatic heterocycles. The lowest BCUT2D eigenvalue weighted by Gasteiger charge is -2.09. The molecule has 0 aliphatic heterocycles. The zero-order valence-electron chi connectivity index (χ0n) is 8.68. The van der Waals surface area contributed by atoms with Crippen LogP contribution in [0.1, 0.15) is 19.3 Å². The van der Waals surface area contributed by atoms with Crippen molar-refractivity contribution in [2.24, 2.45) is 5.73 Å². The summed E-state index contributed by atoms with van der Waals surface area (Å²) in [5.41, 5.74) is 5.23. The maximum atomic E-state index is 10.9. The molecule has 0 aromatic carbocycles. The molecule has 0 fully saturated rings. The third-order valence-electron chi connectivity index (χ3n) is 1.73. The van der Waals surface area contributed by atoms with E-state index in [0.29, 0.717) is 13.0 Å². The fraction of sp³-hybridized carbons (Fsp3) is 0.889. The molecule has 0 rings (SSSR count). The molecule has 13 heavy (non-hydrogen) atoms. The van der Waals surface area contributed by atoms with Crippen LogP contribution >= 0.6 is 0 Å². The Labute approximate surface area is 80.5 Å². The van der Waals surface area contributed by atoms with Gasteiger partial charge in [-0.3, -0.25) is 4.79 Å². The van der Waals surface area contributed by atoms with Crippen molar-refractivity contribution in [2.75, 3.05) is 33.7 Å². The topological polar surface area (TPSA) is 58.4 Å². The number of rotatable bonds is 7. The monoisotopic (exact) mass is 187 g/mol. The highest BCUT2D eigenvalue weighted by molar-refractivity contribution is 5.75. The minimum Gasteiger partial charge on any atom is -0.356 e. The Morgan fingerprint density at radius 1 is 1.38 bits per heavy atom. The maximum Gasteiger partial charge on any atom is 0.221 e. The smallest absolute Gasteiger partial charge is 0.221 e. The summed E-state index contributed by atoms with van der Waals surface area (Å²) >= 11 is 0. The molecule has 0 aromatic rings. The lowest BCUT2D eigenvalue weighted by molar-refractivity contribution is -0.120. The van der Waals surface area contributed by atoms with Crippen LogP contribution in [-0.4, -0.2) is 44.5 Å². The van der Waals surface area contributed by atoms with E-state index < -0.39 is 0 Å². The standard InChI is InChI=1S/C9H21N3O/c1-12(2)8-4-3-7-11-9(13)5-6-10/h3-8,10H2,1-2H3,(H,11,13). The van der Waals surface area contributed by atoms with E-state index in [4.69, 9.17) is 5.73 Å². The van der Waals surface area contributed by atoms with Gasteiger partial charge in [0.15, 0.2) is 0 Å². The first-order chi connectivity index (χ1) is 6.16. The summed E-state index contributed by atoms with van der Waals surface area (Å²) in [4.78, 5) is 13.1. The molecule has 0 saturated carbocycles. The molecule has 78 valence electrons. The van der Waals surface area contributed by atoms with Crippen molar-refractivity contribution in [1.29, 1.82) is 0 Å². The van der Waals surface area contributed by atoms with Gasteiger partial charge in [-0.05, 0) is 33.5 Å². The van der Waals surface area contributed by atoms with Crippen molar-refractivity contribution in [3.8, 4) is 0 Å². The van der Waals surface area contributed by atoms with Gasteiger partial charge < -0.3 is 16.0 Å². The summed E-state index contributed by atoms with van der Waals surface area (Å²) in [5.74, 6) is 0.0624. The van der Waals surface area contributed by atoms with Gasteiger partial charge in [-0.2, -0.15) is 0 Å². The Morgan fingerprint density at radius 3 is 2.62 bits per heavy atom. The Hall–Kier alpha value is -0.610. The Balaban J connectivity index is 3.11. The second kappa shape index (κ2) is 8.01. The van der Waals surface area contributed by atoms with E-state index in [1.165, 1.54) is 0 Å². The molecule has 0 spiro atoms. The lowest BCUT2D eigenvalue weighted by atomic mass is 10.3. The molecule has 0 atom stereocenters. The van der Waals surface area contributed by atoms with Crippen molar-refractivity contribution in [2.45, 2.75) is 19.3 Å². The summed E-state index contributed by atoms with van der Waals surface area (Å²) in [7, 11) is 4.10. The van der Waals surface area contributed by atoms with Gasteiger partial charge in [-0.1, -0.05) is 0 Å². The molecular weight excluding hydrogens is 166 g/mol. The number of carbonyl (C=O) groups is 1. The van der Waals surface area contributed by atoms with Crippen molar-refractivity contribution < 1.29 is 4.79 Å². The minimum absolute atomic E-state index is 0.0624. The molecule has 0 radical (unpaired) electrons. The Kier molecular flexibility index (Phi) is 7.63. The normalized spacial score (nSPS) is 10.5. The second-order valence-corrected chi connectivity index (χ2v) is 3.40. The number of hydrogen-bond donors (Lipinski definition) is 2. The van der Waals surface area contributed by atoms with Gasteiger partial charge in [0.1, 0.15) is 0 Å². The molecule has 0 aliphatic rings. The van der Waals surface area contributed by atoms with Crippen LogP contribution in [0.2, 0.25) is 0 Å². The highest BCUT2D eigenvalue weighted by atomic mass is 16.1. The Morgan fingerprint density at radius 2 is 2.08 bits per heavy atom. The first-order valence-electron chi connectivity index (χ1n) is 4.78. The number of carbonyl (C=O) groups excluding carboxylic acids is 1. The predicted octanol–water partition coefficient (Wildman–Crippen LogP) is -0.207. The minimum atomic E-state index is 0.0624. The van der Waals surface area contributed by atoms with E-state index >= 15 is 0 Å². The summed E-state index contributed by atoms with van der Waals surface area (Å²) < 4.78 is 0. The van der Waals surface area contributed by atoms with E-state index in [1.54, 1.807) is 0 Å². The van der Waals surface area contributed by atoms with Crippen LogP contribution in [0.5, 0.6) is 0 Å². The highest BCUT2D eigenvalue weighted by Gasteiger charge is 1.97. The van der Waals surface area contributed by atoms with E-state index in [0.717, 1.165) is 25.9 Å². The average molecular weight is 187 g/mol. The van der Waals surface area contributed by atoms with Crippen molar-refractivity contribution in [3.05, 3.63) is 0 Å². The van der Waals surface area contributed by atoms with Gasteiger partial charge in [0.05, 0.1) is 0 Å². The average Bonchev–Trinajstić information content (AvgIpc) is 2.03. The third kappa shape index (κ3) is 9.30. The number of amides is 1. The van der Waals surface area contributed by atoms with E-state index in [9.17, 15) is 4.79 Å². The number of hydrogen-bond acceptors (Lipinski definition) is 3. The van der Waals surface area contributed by atoms with Gasteiger partial charge in [-0.15, -0.1) is 0 Å². The summed E-state index contributed by atoms with van der Waals surface area (Å²) in [6.45, 7) is 2.28. The van der Waals surface area contributed by atoms with Crippen LogP contribution in [0.25, 0.3) is 0 Å². The maximum absolute atomic E-state index is 10.9. The number of unbranched alkanes of at least 4 members (excludes halogenated alkanes) is 1. The van der Waals surface area contributed by atoms with E-state index in [1.807, 2.05) is 14.1 Å². The largest absolute Gasteiger partial charge is 0.356 e. The predicted molar refractivity (Wildman–Crippen MR) is 54.5 cm³/mol. The fourth-order valence-electron chi connectivity index (χ4n) is 1.00. The zero-order valence-corrected chi connectivity index (χ0v) is 8.68. The number of nitrogens with two attached hydrogens (primary N) is 1. The Bertz CT molecular complexity index is 137. The van der Waals surface area contributed by atoms with Crippen LogP contribution in [0.15, 0.2) is 0 Å². The van der Waals surface area contributed by atoms with Gasteiger partial charge in [0.25, 0.3) is 0 Å². The molecule has 0 heterocycles. The summed E-state index contributed by atoms with van der Waals surface area (Å²) in [6.07, 6.45) is 2.60. The van der Waals surface area contributed by atoms with Gasteiger partial charge in [0, 0.05) is 19.5 Å². The van der Waals surface area contributed by atoms with E-state index in [2.05, 4.69) is 10.2 Å². The first-order valence-corrected chi connectivity index (χ1v) is 4.78. The summed E-state index contributed by atoms with van der Waals surface area (Å²) in [6, 6.07) is 0. The SMILES string of the molecule is CN(C)CCCCNC(=O)CCN. The van der Waals surface area contributed by atoms with Crippen LogP contribution in [0.3, 0.4) is 0 Å². The fourth-order valence-corrected chi connectivity index (χ4v) is 1.00. The second-order valence-electron chi connectivity index (χ2n) is 3.40. The quantitative estimate of drug-likeness (QED) is 0.542. The zero-order chi connectivity index (χ0) is 10.1. The molecular formula is C9H21N3O. The first kappa shape index (κ1) is 12.4. The van der Waals surface area contributed by atoms with Crippen LogP contribution in [0.4, 0.5) is 0 Å². The molecule has 4 heteroatoms. The van der Waals surface area contributed by atoms with Gasteiger partial charge >= 0.3 is 0 Å².